The number of alkyl halides is 3. The first-order chi connectivity index (χ1) is 9.69. The van der Waals surface area contributed by atoms with Gasteiger partial charge in [-0.2, -0.15) is 13.2 Å². The fourth-order valence-electron chi connectivity index (χ4n) is 1.74. The van der Waals surface area contributed by atoms with Crippen molar-refractivity contribution in [2.75, 3.05) is 26.3 Å². The maximum absolute atomic E-state index is 12.1. The Bertz CT molecular complexity index is 414. The fourth-order valence-corrected chi connectivity index (χ4v) is 1.74. The minimum atomic E-state index is -4.35. The van der Waals surface area contributed by atoms with Crippen molar-refractivity contribution < 1.29 is 32.7 Å². The van der Waals surface area contributed by atoms with Crippen LogP contribution in [0.1, 0.15) is 19.3 Å². The molecular formula is C11H16F3N3O4. The molecule has 0 spiro atoms. The van der Waals surface area contributed by atoms with Crippen LogP contribution in [0.25, 0.3) is 0 Å². The van der Waals surface area contributed by atoms with Gasteiger partial charge in [0.25, 0.3) is 0 Å². The van der Waals surface area contributed by atoms with E-state index >= 15 is 0 Å². The molecule has 1 fully saturated rings. The van der Waals surface area contributed by atoms with Crippen molar-refractivity contribution in [3.63, 3.8) is 0 Å². The number of carbonyl (C=O) groups excluding carboxylic acids is 2. The number of rotatable bonds is 6. The van der Waals surface area contributed by atoms with Crippen LogP contribution in [0.5, 0.6) is 0 Å². The number of amides is 3. The smallest absolute Gasteiger partial charge is 0.390 e. The summed E-state index contributed by atoms with van der Waals surface area (Å²) >= 11 is 0. The quantitative estimate of drug-likeness (QED) is 0.704. The molecule has 0 aromatic heterocycles. The fraction of sp³-hybridized carbons (Fsp3) is 0.727. The molecule has 0 aromatic rings. The average Bonchev–Trinajstić information content (AvgIpc) is 2.72. The van der Waals surface area contributed by atoms with Gasteiger partial charge < -0.3 is 15.3 Å². The van der Waals surface area contributed by atoms with Crippen LogP contribution in [0.15, 0.2) is 0 Å². The normalized spacial score (nSPS) is 15.5. The summed E-state index contributed by atoms with van der Waals surface area (Å²) in [5, 5.41) is 10.8. The van der Waals surface area contributed by atoms with Crippen LogP contribution in [-0.4, -0.2) is 65.3 Å². The Morgan fingerprint density at radius 2 is 2.00 bits per heavy atom. The first kappa shape index (κ1) is 17.1. The number of urea groups is 1. The number of aliphatic carboxylic acids is 1. The van der Waals surface area contributed by atoms with E-state index in [9.17, 15) is 27.6 Å². The number of nitrogens with zero attached hydrogens (tertiary/aromatic N) is 2. The number of nitrogens with one attached hydrogen (secondary N) is 1. The molecule has 0 unspecified atom stereocenters. The SMILES string of the molecule is O=C(O)CCCNC(=O)N1CC(=O)N(CCC(F)(F)F)C1. The molecule has 1 aliphatic rings. The van der Waals surface area contributed by atoms with Crippen LogP contribution in [0.2, 0.25) is 0 Å². The van der Waals surface area contributed by atoms with Crippen molar-refractivity contribution in [3.8, 4) is 0 Å². The molecule has 0 aromatic carbocycles. The highest BCUT2D eigenvalue weighted by Gasteiger charge is 2.34. The minimum absolute atomic E-state index is 0.100. The van der Waals surface area contributed by atoms with E-state index in [-0.39, 0.29) is 32.6 Å². The third-order valence-corrected chi connectivity index (χ3v) is 2.82. The van der Waals surface area contributed by atoms with Gasteiger partial charge in [-0.15, -0.1) is 0 Å². The zero-order valence-corrected chi connectivity index (χ0v) is 11.2. The molecule has 2 N–H and O–H groups in total. The highest BCUT2D eigenvalue weighted by Crippen LogP contribution is 2.20. The Labute approximate surface area is 118 Å². The summed E-state index contributed by atoms with van der Waals surface area (Å²) in [5.41, 5.74) is 0. The number of carboxylic acids is 1. The molecule has 0 bridgehead atoms. The Hall–Kier alpha value is -2.00. The lowest BCUT2D eigenvalue weighted by molar-refractivity contribution is -0.143. The maximum Gasteiger partial charge on any atom is 0.390 e. The third-order valence-electron chi connectivity index (χ3n) is 2.82. The number of carbonyl (C=O) groups is 3. The summed E-state index contributed by atoms with van der Waals surface area (Å²) in [6.45, 7) is -0.828. The number of hydrogen-bond acceptors (Lipinski definition) is 3. The van der Waals surface area contributed by atoms with Crippen molar-refractivity contribution in [2.45, 2.75) is 25.4 Å². The molecule has 0 aliphatic carbocycles. The monoisotopic (exact) mass is 311 g/mol. The summed E-state index contributed by atoms with van der Waals surface area (Å²) in [7, 11) is 0. The molecule has 0 saturated carbocycles. The van der Waals surface area contributed by atoms with Crippen LogP contribution in [-0.2, 0) is 9.59 Å². The standard InChI is InChI=1S/C11H16F3N3O4/c12-11(13,14)3-5-16-7-17(6-8(16)18)10(21)15-4-1-2-9(19)20/h1-7H2,(H,15,21)(H,19,20). The summed E-state index contributed by atoms with van der Waals surface area (Å²) in [6.07, 6.45) is -5.34. The van der Waals surface area contributed by atoms with Crippen LogP contribution < -0.4 is 5.32 Å². The van der Waals surface area contributed by atoms with Crippen LogP contribution in [0, 0.1) is 0 Å². The van der Waals surface area contributed by atoms with Gasteiger partial charge in [-0.05, 0) is 6.42 Å². The molecule has 1 saturated heterocycles. The lowest BCUT2D eigenvalue weighted by atomic mass is 10.3. The number of hydrogen-bond donors (Lipinski definition) is 2. The molecule has 0 atom stereocenters. The van der Waals surface area contributed by atoms with Crippen molar-refractivity contribution >= 4 is 17.9 Å². The second kappa shape index (κ2) is 7.14. The third kappa shape index (κ3) is 6.32. The van der Waals surface area contributed by atoms with Gasteiger partial charge in [0.15, 0.2) is 0 Å². The molecule has 120 valence electrons. The van der Waals surface area contributed by atoms with E-state index in [0.29, 0.717) is 0 Å². The van der Waals surface area contributed by atoms with E-state index in [1.54, 1.807) is 0 Å². The highest BCUT2D eigenvalue weighted by molar-refractivity contribution is 5.87. The molecular weight excluding hydrogens is 295 g/mol. The predicted octanol–water partition coefficient (Wildman–Crippen LogP) is 0.615. The zero-order valence-electron chi connectivity index (χ0n) is 11.2. The Morgan fingerprint density at radius 3 is 2.57 bits per heavy atom. The van der Waals surface area contributed by atoms with Gasteiger partial charge in [0.1, 0.15) is 6.54 Å². The molecule has 10 heteroatoms. The molecule has 21 heavy (non-hydrogen) atoms. The summed E-state index contributed by atoms with van der Waals surface area (Å²) < 4.78 is 36.3. The van der Waals surface area contributed by atoms with Crippen molar-refractivity contribution in [1.29, 1.82) is 0 Å². The number of carboxylic acid groups (broad SMARTS) is 1. The summed E-state index contributed by atoms with van der Waals surface area (Å²) in [4.78, 5) is 35.5. The Morgan fingerprint density at radius 1 is 1.33 bits per heavy atom. The van der Waals surface area contributed by atoms with Gasteiger partial charge in [0.05, 0.1) is 13.1 Å². The average molecular weight is 311 g/mol. The molecule has 7 nitrogen and oxygen atoms in total. The molecule has 0 radical (unpaired) electrons. The van der Waals surface area contributed by atoms with Gasteiger partial charge >= 0.3 is 18.2 Å². The van der Waals surface area contributed by atoms with Gasteiger partial charge in [-0.25, -0.2) is 4.79 Å². The molecule has 1 aliphatic heterocycles. The Kier molecular flexibility index (Phi) is 5.79. The lowest BCUT2D eigenvalue weighted by Gasteiger charge is -2.19. The van der Waals surface area contributed by atoms with E-state index in [0.717, 1.165) is 9.80 Å². The second-order valence-electron chi connectivity index (χ2n) is 4.59. The van der Waals surface area contributed by atoms with Gasteiger partial charge in [0, 0.05) is 19.5 Å². The molecule has 1 rings (SSSR count). The first-order valence-electron chi connectivity index (χ1n) is 6.28. The van der Waals surface area contributed by atoms with Crippen LogP contribution in [0.3, 0.4) is 0 Å². The largest absolute Gasteiger partial charge is 0.481 e. The predicted molar refractivity (Wildman–Crippen MR) is 64.2 cm³/mol. The van der Waals surface area contributed by atoms with Gasteiger partial charge in [-0.3, -0.25) is 14.5 Å². The van der Waals surface area contributed by atoms with Crippen molar-refractivity contribution in [2.24, 2.45) is 0 Å². The zero-order chi connectivity index (χ0) is 16.0. The Balaban J connectivity index is 2.32. The van der Waals surface area contributed by atoms with Gasteiger partial charge in [0.2, 0.25) is 5.91 Å². The van der Waals surface area contributed by atoms with Gasteiger partial charge in [-0.1, -0.05) is 0 Å². The van der Waals surface area contributed by atoms with E-state index in [4.69, 9.17) is 5.11 Å². The van der Waals surface area contributed by atoms with E-state index in [2.05, 4.69) is 5.32 Å². The topological polar surface area (TPSA) is 90.0 Å². The van der Waals surface area contributed by atoms with Crippen molar-refractivity contribution in [3.05, 3.63) is 0 Å². The highest BCUT2D eigenvalue weighted by atomic mass is 19.4. The maximum atomic E-state index is 12.1. The molecule has 1 heterocycles. The van der Waals surface area contributed by atoms with Crippen LogP contribution >= 0.6 is 0 Å². The van der Waals surface area contributed by atoms with Crippen molar-refractivity contribution in [1.82, 2.24) is 15.1 Å². The van der Waals surface area contributed by atoms with E-state index in [1.807, 2.05) is 0 Å². The summed E-state index contributed by atoms with van der Waals surface area (Å²) in [5.74, 6) is -1.53. The lowest BCUT2D eigenvalue weighted by Crippen LogP contribution is -2.40. The van der Waals surface area contributed by atoms with E-state index in [1.165, 1.54) is 0 Å². The molecule has 3 amide bonds. The minimum Gasteiger partial charge on any atom is -0.481 e. The number of halogens is 3. The van der Waals surface area contributed by atoms with E-state index < -0.39 is 37.0 Å². The first-order valence-corrected chi connectivity index (χ1v) is 6.28. The van der Waals surface area contributed by atoms with Crippen LogP contribution in [0.4, 0.5) is 18.0 Å². The summed E-state index contributed by atoms with van der Waals surface area (Å²) in [6, 6.07) is -0.594. The second-order valence-corrected chi connectivity index (χ2v) is 4.59.